The lowest BCUT2D eigenvalue weighted by atomic mass is 9.73. The number of pyridine rings is 1. The number of piperidine rings is 1. The number of carbonyl (C=O) groups is 2. The van der Waals surface area contributed by atoms with E-state index in [0.717, 1.165) is 36.1 Å². The topological polar surface area (TPSA) is 62.3 Å². The normalized spacial score (nSPS) is 19.2. The van der Waals surface area contributed by atoms with Crippen molar-refractivity contribution in [1.82, 2.24) is 15.2 Å². The number of nitrogens with zero attached hydrogens (tertiary/aromatic N) is 2. The summed E-state index contributed by atoms with van der Waals surface area (Å²) in [6, 6.07) is 12.4. The van der Waals surface area contributed by atoms with Crippen LogP contribution in [0, 0.1) is 5.41 Å². The molecule has 1 atom stereocenters. The molecule has 2 aromatic rings. The van der Waals surface area contributed by atoms with Crippen molar-refractivity contribution in [2.24, 2.45) is 5.41 Å². The summed E-state index contributed by atoms with van der Waals surface area (Å²) >= 11 is 0. The predicted molar refractivity (Wildman–Crippen MR) is 115 cm³/mol. The Balaban J connectivity index is 1.91. The Morgan fingerprint density at radius 2 is 1.93 bits per heavy atom. The first kappa shape index (κ1) is 21.0. The first-order valence-corrected chi connectivity index (χ1v) is 10.5. The van der Waals surface area contributed by atoms with Crippen LogP contribution in [0.4, 0.5) is 0 Å². The van der Waals surface area contributed by atoms with Gasteiger partial charge < -0.3 is 10.2 Å². The van der Waals surface area contributed by atoms with Crippen molar-refractivity contribution in [2.75, 3.05) is 13.1 Å². The second-order valence-corrected chi connectivity index (χ2v) is 8.29. The third-order valence-electron chi connectivity index (χ3n) is 5.62. The number of hydrogen-bond donors (Lipinski definition) is 1. The summed E-state index contributed by atoms with van der Waals surface area (Å²) < 4.78 is 0. The first-order valence-electron chi connectivity index (χ1n) is 10.5. The van der Waals surface area contributed by atoms with E-state index in [2.05, 4.69) is 28.5 Å². The second-order valence-electron chi connectivity index (χ2n) is 8.29. The number of carbonyl (C=O) groups excluding carboxylic acids is 2. The maximum atomic E-state index is 13.3. The highest BCUT2D eigenvalue weighted by molar-refractivity contribution is 5.85. The predicted octanol–water partition coefficient (Wildman–Crippen LogP) is 3.83. The SMILES string of the molecule is CCC(=O)N1CCCC(Cc2cccc(-c3ccncc3)c2)(C(=O)NC(C)C)C1. The van der Waals surface area contributed by atoms with Crippen molar-refractivity contribution >= 4 is 11.8 Å². The third kappa shape index (κ3) is 5.03. The molecule has 5 heteroatoms. The van der Waals surface area contributed by atoms with Gasteiger partial charge in [-0.15, -0.1) is 0 Å². The summed E-state index contributed by atoms with van der Waals surface area (Å²) in [5.41, 5.74) is 2.74. The van der Waals surface area contributed by atoms with E-state index in [1.54, 1.807) is 12.4 Å². The number of amides is 2. The van der Waals surface area contributed by atoms with E-state index in [0.29, 0.717) is 19.4 Å². The molecule has 1 N–H and O–H groups in total. The minimum atomic E-state index is -0.593. The molecule has 1 aromatic heterocycles. The third-order valence-corrected chi connectivity index (χ3v) is 5.62. The molecule has 2 heterocycles. The molecule has 1 unspecified atom stereocenters. The highest BCUT2D eigenvalue weighted by Crippen LogP contribution is 2.35. The minimum absolute atomic E-state index is 0.0513. The molecule has 1 aromatic carbocycles. The molecule has 0 bridgehead atoms. The van der Waals surface area contributed by atoms with Gasteiger partial charge >= 0.3 is 0 Å². The van der Waals surface area contributed by atoms with Crippen LogP contribution in [0.1, 0.15) is 45.6 Å². The zero-order chi connectivity index (χ0) is 20.9. The molecule has 154 valence electrons. The van der Waals surface area contributed by atoms with Crippen molar-refractivity contribution in [3.8, 4) is 11.1 Å². The van der Waals surface area contributed by atoms with Gasteiger partial charge in [-0.3, -0.25) is 14.6 Å². The van der Waals surface area contributed by atoms with Gasteiger partial charge in [0.1, 0.15) is 0 Å². The van der Waals surface area contributed by atoms with Crippen molar-refractivity contribution < 1.29 is 9.59 Å². The summed E-state index contributed by atoms with van der Waals surface area (Å²) in [6.07, 6.45) is 6.31. The Kier molecular flexibility index (Phi) is 6.68. The Morgan fingerprint density at radius 3 is 2.62 bits per heavy atom. The molecule has 3 rings (SSSR count). The molecule has 1 aliphatic rings. The van der Waals surface area contributed by atoms with Crippen LogP contribution in [-0.4, -0.2) is 40.8 Å². The van der Waals surface area contributed by atoms with Gasteiger partial charge in [-0.1, -0.05) is 31.2 Å². The largest absolute Gasteiger partial charge is 0.353 e. The molecule has 2 amide bonds. The smallest absolute Gasteiger partial charge is 0.228 e. The van der Waals surface area contributed by atoms with Gasteiger partial charge in [-0.25, -0.2) is 0 Å². The summed E-state index contributed by atoms with van der Waals surface area (Å²) in [4.78, 5) is 31.6. The van der Waals surface area contributed by atoms with Crippen LogP contribution in [0.2, 0.25) is 0 Å². The molecular formula is C24H31N3O2. The van der Waals surface area contributed by atoms with E-state index in [4.69, 9.17) is 0 Å². The standard InChI is InChI=1S/C24H31N3O2/c1-4-22(28)27-14-6-11-24(17-27,23(29)26-18(2)3)16-19-7-5-8-21(15-19)20-9-12-25-13-10-20/h5,7-10,12-13,15,18H,4,6,11,14,16-17H2,1-3H3,(H,26,29). The highest BCUT2D eigenvalue weighted by atomic mass is 16.2. The molecular weight excluding hydrogens is 362 g/mol. The van der Waals surface area contributed by atoms with Crippen molar-refractivity contribution in [3.05, 3.63) is 54.4 Å². The van der Waals surface area contributed by atoms with Crippen LogP contribution in [0.25, 0.3) is 11.1 Å². The molecule has 0 spiro atoms. The zero-order valence-electron chi connectivity index (χ0n) is 17.6. The van der Waals surface area contributed by atoms with Crippen LogP contribution >= 0.6 is 0 Å². The first-order chi connectivity index (χ1) is 13.9. The Bertz CT molecular complexity index is 850. The molecule has 0 radical (unpaired) electrons. The molecule has 1 aliphatic heterocycles. The van der Waals surface area contributed by atoms with Crippen LogP contribution in [0.3, 0.4) is 0 Å². The molecule has 0 aliphatic carbocycles. The van der Waals surface area contributed by atoms with E-state index >= 15 is 0 Å². The molecule has 29 heavy (non-hydrogen) atoms. The Hall–Kier alpha value is -2.69. The van der Waals surface area contributed by atoms with Gasteiger partial charge in [0.25, 0.3) is 0 Å². The van der Waals surface area contributed by atoms with Crippen molar-refractivity contribution in [1.29, 1.82) is 0 Å². The van der Waals surface area contributed by atoms with Crippen LogP contribution < -0.4 is 5.32 Å². The van der Waals surface area contributed by atoms with Gasteiger partial charge in [-0.2, -0.15) is 0 Å². The lowest BCUT2D eigenvalue weighted by Crippen LogP contribution is -2.55. The number of hydrogen-bond acceptors (Lipinski definition) is 3. The number of nitrogens with one attached hydrogen (secondary N) is 1. The lowest BCUT2D eigenvalue weighted by Gasteiger charge is -2.42. The fourth-order valence-electron chi connectivity index (χ4n) is 4.19. The average molecular weight is 394 g/mol. The average Bonchev–Trinajstić information content (AvgIpc) is 2.73. The highest BCUT2D eigenvalue weighted by Gasteiger charge is 2.43. The van der Waals surface area contributed by atoms with E-state index in [1.807, 2.05) is 43.9 Å². The second kappa shape index (κ2) is 9.21. The minimum Gasteiger partial charge on any atom is -0.353 e. The summed E-state index contributed by atoms with van der Waals surface area (Å²) in [5, 5.41) is 3.11. The molecule has 0 saturated carbocycles. The van der Waals surface area contributed by atoms with Crippen molar-refractivity contribution in [3.63, 3.8) is 0 Å². The lowest BCUT2D eigenvalue weighted by molar-refractivity contribution is -0.141. The van der Waals surface area contributed by atoms with E-state index in [-0.39, 0.29) is 17.9 Å². The number of benzene rings is 1. The van der Waals surface area contributed by atoms with E-state index in [9.17, 15) is 9.59 Å². The van der Waals surface area contributed by atoms with Gasteiger partial charge in [0.05, 0.1) is 5.41 Å². The monoisotopic (exact) mass is 393 g/mol. The molecule has 1 saturated heterocycles. The number of likely N-dealkylation sites (tertiary alicyclic amines) is 1. The molecule has 5 nitrogen and oxygen atoms in total. The summed E-state index contributed by atoms with van der Waals surface area (Å²) in [7, 11) is 0. The van der Waals surface area contributed by atoms with E-state index < -0.39 is 5.41 Å². The maximum Gasteiger partial charge on any atom is 0.228 e. The van der Waals surface area contributed by atoms with Crippen molar-refractivity contribution in [2.45, 2.75) is 52.5 Å². The fourth-order valence-corrected chi connectivity index (χ4v) is 4.19. The summed E-state index contributed by atoms with van der Waals surface area (Å²) in [5.74, 6) is 0.173. The zero-order valence-corrected chi connectivity index (χ0v) is 17.6. The van der Waals surface area contributed by atoms with Gasteiger partial charge in [0.15, 0.2) is 0 Å². The Morgan fingerprint density at radius 1 is 1.17 bits per heavy atom. The van der Waals surface area contributed by atoms with Crippen LogP contribution in [-0.2, 0) is 16.0 Å². The van der Waals surface area contributed by atoms with Gasteiger partial charge in [-0.05, 0) is 61.9 Å². The maximum absolute atomic E-state index is 13.3. The Labute approximate surface area is 173 Å². The molecule has 1 fully saturated rings. The van der Waals surface area contributed by atoms with Gasteiger partial charge in [0.2, 0.25) is 11.8 Å². The van der Waals surface area contributed by atoms with E-state index in [1.165, 1.54) is 0 Å². The number of aromatic nitrogens is 1. The van der Waals surface area contributed by atoms with Crippen LogP contribution in [0.5, 0.6) is 0 Å². The summed E-state index contributed by atoms with van der Waals surface area (Å²) in [6.45, 7) is 7.06. The van der Waals surface area contributed by atoms with Crippen LogP contribution in [0.15, 0.2) is 48.8 Å². The quantitative estimate of drug-likeness (QED) is 0.811. The number of rotatable bonds is 6. The fraction of sp³-hybridized carbons (Fsp3) is 0.458. The van der Waals surface area contributed by atoms with Gasteiger partial charge in [0, 0.05) is 37.9 Å².